The summed E-state index contributed by atoms with van der Waals surface area (Å²) in [6.07, 6.45) is 1.06. The van der Waals surface area contributed by atoms with Crippen molar-refractivity contribution in [1.29, 1.82) is 0 Å². The molecule has 0 bridgehead atoms. The molecule has 0 radical (unpaired) electrons. The highest BCUT2D eigenvalue weighted by atomic mass is 35.5. The van der Waals surface area contributed by atoms with Crippen molar-refractivity contribution in [2.24, 2.45) is 0 Å². The highest BCUT2D eigenvalue weighted by Crippen LogP contribution is 2.32. The molecule has 0 spiro atoms. The number of para-hydroxylation sites is 1. The Morgan fingerprint density at radius 2 is 1.61 bits per heavy atom. The van der Waals surface area contributed by atoms with Crippen molar-refractivity contribution in [3.63, 3.8) is 0 Å². The molecule has 0 amide bonds. The summed E-state index contributed by atoms with van der Waals surface area (Å²) in [6.45, 7) is 12.1. The molecule has 2 aromatic carbocycles. The Morgan fingerprint density at radius 3 is 2.10 bits per heavy atom. The molecule has 0 aliphatic rings. The van der Waals surface area contributed by atoms with Crippen molar-refractivity contribution in [3.8, 4) is 5.75 Å². The summed E-state index contributed by atoms with van der Waals surface area (Å²) in [5.74, 6) is -1.44. The molecule has 3 aromatic rings. The summed E-state index contributed by atoms with van der Waals surface area (Å²) in [5, 5.41) is 21.1. The lowest BCUT2D eigenvalue weighted by molar-refractivity contribution is 0.0695. The van der Waals surface area contributed by atoms with Gasteiger partial charge in [-0.05, 0) is 49.3 Å². The monoisotopic (exact) mass is 442 g/mol. The molecular formula is C25H31ClN2O3. The van der Waals surface area contributed by atoms with Crippen LogP contribution in [0.1, 0.15) is 54.9 Å². The Bertz CT molecular complexity index is 1010. The summed E-state index contributed by atoms with van der Waals surface area (Å²) in [7, 11) is 0. The number of halogens is 1. The average Bonchev–Trinajstić information content (AvgIpc) is 2.77. The van der Waals surface area contributed by atoms with Crippen molar-refractivity contribution >= 4 is 28.5 Å². The first kappa shape index (κ1) is 24.6. The maximum atomic E-state index is 11.7. The summed E-state index contributed by atoms with van der Waals surface area (Å²) in [6, 6.07) is 12.6. The Kier molecular flexibility index (Phi) is 9.28. The second kappa shape index (κ2) is 11.7. The van der Waals surface area contributed by atoms with E-state index in [0.29, 0.717) is 28.0 Å². The molecule has 0 atom stereocenters. The second-order valence-corrected chi connectivity index (χ2v) is 7.61. The fourth-order valence-corrected chi connectivity index (χ4v) is 3.60. The summed E-state index contributed by atoms with van der Waals surface area (Å²) in [5.41, 5.74) is 2.72. The van der Waals surface area contributed by atoms with Gasteiger partial charge in [-0.1, -0.05) is 69.6 Å². The Hall–Kier alpha value is -2.63. The number of fused-ring (bicyclic) bond motifs is 1. The van der Waals surface area contributed by atoms with Crippen LogP contribution in [-0.2, 0) is 12.8 Å². The molecule has 0 saturated carbocycles. The topological polar surface area (TPSA) is 73.7 Å². The number of benzene rings is 2. The summed E-state index contributed by atoms with van der Waals surface area (Å²) >= 11 is 5.89. The molecule has 1 aromatic heterocycles. The van der Waals surface area contributed by atoms with Crippen LogP contribution in [0, 0.1) is 0 Å². The molecule has 3 rings (SSSR count). The quantitative estimate of drug-likeness (QED) is 0.484. The first-order valence-electron chi connectivity index (χ1n) is 10.7. The molecule has 5 nitrogen and oxygen atoms in total. The molecule has 0 unspecified atom stereocenters. The van der Waals surface area contributed by atoms with E-state index < -0.39 is 5.97 Å². The van der Waals surface area contributed by atoms with Gasteiger partial charge in [0.05, 0.1) is 11.2 Å². The minimum Gasteiger partial charge on any atom is -0.505 e. The maximum absolute atomic E-state index is 11.7. The van der Waals surface area contributed by atoms with Crippen LogP contribution < -0.4 is 0 Å². The van der Waals surface area contributed by atoms with Gasteiger partial charge in [-0.3, -0.25) is 0 Å². The highest BCUT2D eigenvalue weighted by Gasteiger charge is 2.21. The lowest BCUT2D eigenvalue weighted by atomic mass is 9.99. The Morgan fingerprint density at radius 1 is 1.00 bits per heavy atom. The third-order valence-corrected chi connectivity index (χ3v) is 5.62. The number of aromatic hydroxyl groups is 1. The van der Waals surface area contributed by atoms with Crippen molar-refractivity contribution in [2.45, 2.75) is 40.5 Å². The van der Waals surface area contributed by atoms with E-state index >= 15 is 0 Å². The lowest BCUT2D eigenvalue weighted by Gasteiger charge is -2.13. The number of aromatic nitrogens is 1. The van der Waals surface area contributed by atoms with E-state index in [1.807, 2.05) is 25.1 Å². The number of pyridine rings is 1. The van der Waals surface area contributed by atoms with Gasteiger partial charge >= 0.3 is 5.97 Å². The van der Waals surface area contributed by atoms with Crippen molar-refractivity contribution in [2.75, 3.05) is 19.6 Å². The third-order valence-electron chi connectivity index (χ3n) is 5.37. The van der Waals surface area contributed by atoms with Crippen LogP contribution in [0.3, 0.4) is 0 Å². The standard InChI is InChI=1S/C19H16ClNO3.C6H15N/c1-2-12-4-3-5-14-16(19(23)24)18(22)15(21-17(12)14)10-11-6-8-13(20)9-7-11;1-4-7(5-2)6-3/h3-9,22H,2,10H2,1H3,(H,23,24);4-6H2,1-3H3. The summed E-state index contributed by atoms with van der Waals surface area (Å²) < 4.78 is 0. The minimum atomic E-state index is -1.16. The Balaban J connectivity index is 0.000000423. The van der Waals surface area contributed by atoms with Crippen LogP contribution in [0.2, 0.25) is 5.02 Å². The van der Waals surface area contributed by atoms with Crippen LogP contribution in [0.4, 0.5) is 0 Å². The number of aromatic carboxylic acids is 1. The fourth-order valence-electron chi connectivity index (χ4n) is 3.48. The number of nitrogens with zero attached hydrogens (tertiary/aromatic N) is 2. The van der Waals surface area contributed by atoms with E-state index in [1.165, 1.54) is 19.6 Å². The van der Waals surface area contributed by atoms with Gasteiger partial charge in [-0.2, -0.15) is 0 Å². The molecule has 0 aliphatic carbocycles. The van der Waals surface area contributed by atoms with E-state index in [0.717, 1.165) is 17.5 Å². The van der Waals surface area contributed by atoms with Gasteiger partial charge in [0, 0.05) is 16.8 Å². The molecule has 0 aliphatic heterocycles. The van der Waals surface area contributed by atoms with Crippen LogP contribution in [0.5, 0.6) is 5.75 Å². The zero-order valence-corrected chi connectivity index (χ0v) is 19.4. The third kappa shape index (κ3) is 6.18. The largest absolute Gasteiger partial charge is 0.505 e. The van der Waals surface area contributed by atoms with Crippen molar-refractivity contribution in [1.82, 2.24) is 9.88 Å². The van der Waals surface area contributed by atoms with Crippen LogP contribution >= 0.6 is 11.6 Å². The number of carboxylic acids is 1. The van der Waals surface area contributed by atoms with Gasteiger partial charge < -0.3 is 15.1 Å². The van der Waals surface area contributed by atoms with Gasteiger partial charge in [0.2, 0.25) is 0 Å². The maximum Gasteiger partial charge on any atom is 0.340 e. The number of carboxylic acid groups (broad SMARTS) is 1. The smallest absolute Gasteiger partial charge is 0.340 e. The van der Waals surface area contributed by atoms with Gasteiger partial charge in [0.15, 0.2) is 5.75 Å². The van der Waals surface area contributed by atoms with Gasteiger partial charge in [-0.25, -0.2) is 9.78 Å². The molecule has 0 fully saturated rings. The number of hydrogen-bond donors (Lipinski definition) is 2. The van der Waals surface area contributed by atoms with E-state index in [9.17, 15) is 15.0 Å². The SMILES string of the molecule is CCN(CC)CC.CCc1cccc2c(C(=O)O)c(O)c(Cc3ccc(Cl)cc3)nc12. The number of aryl methyl sites for hydroxylation is 1. The highest BCUT2D eigenvalue weighted by molar-refractivity contribution is 6.30. The molecule has 1 heterocycles. The lowest BCUT2D eigenvalue weighted by Crippen LogP contribution is -2.21. The first-order chi connectivity index (χ1) is 14.9. The van der Waals surface area contributed by atoms with E-state index in [1.54, 1.807) is 24.3 Å². The molecule has 6 heteroatoms. The van der Waals surface area contributed by atoms with E-state index in [2.05, 4.69) is 30.7 Å². The fraction of sp³-hybridized carbons (Fsp3) is 0.360. The zero-order valence-electron chi connectivity index (χ0n) is 18.7. The van der Waals surface area contributed by atoms with Gasteiger partial charge in [0.1, 0.15) is 5.56 Å². The van der Waals surface area contributed by atoms with Crippen LogP contribution in [0.25, 0.3) is 10.9 Å². The molecule has 0 saturated heterocycles. The average molecular weight is 443 g/mol. The van der Waals surface area contributed by atoms with Crippen LogP contribution in [0.15, 0.2) is 42.5 Å². The predicted molar refractivity (Wildman–Crippen MR) is 127 cm³/mol. The molecular weight excluding hydrogens is 412 g/mol. The Labute approximate surface area is 189 Å². The molecule has 31 heavy (non-hydrogen) atoms. The number of rotatable bonds is 7. The van der Waals surface area contributed by atoms with Crippen molar-refractivity contribution in [3.05, 3.63) is 69.9 Å². The number of hydrogen-bond acceptors (Lipinski definition) is 4. The van der Waals surface area contributed by atoms with E-state index in [-0.39, 0.29) is 11.3 Å². The molecule has 166 valence electrons. The van der Waals surface area contributed by atoms with Gasteiger partial charge in [0.25, 0.3) is 0 Å². The van der Waals surface area contributed by atoms with Crippen molar-refractivity contribution < 1.29 is 15.0 Å². The molecule has 2 N–H and O–H groups in total. The van der Waals surface area contributed by atoms with E-state index in [4.69, 9.17) is 11.6 Å². The predicted octanol–water partition coefficient (Wildman–Crippen LogP) is 5.79. The normalized spacial score (nSPS) is 10.8. The second-order valence-electron chi connectivity index (χ2n) is 7.18. The first-order valence-corrected chi connectivity index (χ1v) is 11.1. The van der Waals surface area contributed by atoms with Gasteiger partial charge in [-0.15, -0.1) is 0 Å². The zero-order chi connectivity index (χ0) is 23.0. The minimum absolute atomic E-state index is 0.0979. The number of carbonyl (C=O) groups is 1. The van der Waals surface area contributed by atoms with Crippen LogP contribution in [-0.4, -0.2) is 45.7 Å². The summed E-state index contributed by atoms with van der Waals surface area (Å²) in [4.78, 5) is 18.6.